The van der Waals surface area contributed by atoms with Gasteiger partial charge in [-0.05, 0) is 41.8 Å². The van der Waals surface area contributed by atoms with Crippen molar-refractivity contribution in [3.05, 3.63) is 53.3 Å². The molecular weight excluding hydrogens is 266 g/mol. The van der Waals surface area contributed by atoms with Crippen molar-refractivity contribution < 1.29 is 9.47 Å². The van der Waals surface area contributed by atoms with E-state index < -0.39 is 0 Å². The van der Waals surface area contributed by atoms with E-state index >= 15 is 0 Å². The maximum atomic E-state index is 5.76. The number of aromatic nitrogens is 1. The smallest absolute Gasteiger partial charge is 0.161 e. The van der Waals surface area contributed by atoms with E-state index in [9.17, 15) is 0 Å². The summed E-state index contributed by atoms with van der Waals surface area (Å²) in [7, 11) is 0. The van der Waals surface area contributed by atoms with Crippen LogP contribution in [-0.4, -0.2) is 18.2 Å². The number of ether oxygens (including phenoxy) is 2. The third-order valence-corrected chi connectivity index (χ3v) is 3.66. The van der Waals surface area contributed by atoms with Crippen LogP contribution in [0.3, 0.4) is 0 Å². The van der Waals surface area contributed by atoms with Gasteiger partial charge in [-0.2, -0.15) is 0 Å². The lowest BCUT2D eigenvalue weighted by molar-refractivity contribution is 0.297. The maximum Gasteiger partial charge on any atom is 0.161 e. The molecule has 1 aromatic heterocycles. The van der Waals surface area contributed by atoms with Gasteiger partial charge in [-0.25, -0.2) is 5.43 Å². The highest BCUT2D eigenvalue weighted by Crippen LogP contribution is 2.34. The molecule has 110 valence electrons. The van der Waals surface area contributed by atoms with Crippen LogP contribution in [0.4, 0.5) is 0 Å². The Hall–Kier alpha value is -2.11. The van der Waals surface area contributed by atoms with Crippen LogP contribution in [0.1, 0.15) is 29.2 Å². The highest BCUT2D eigenvalue weighted by Gasteiger charge is 2.18. The Morgan fingerprint density at radius 1 is 1.19 bits per heavy atom. The summed E-state index contributed by atoms with van der Waals surface area (Å²) in [5.41, 5.74) is 6.08. The zero-order valence-corrected chi connectivity index (χ0v) is 12.0. The van der Waals surface area contributed by atoms with Gasteiger partial charge in [0.05, 0.1) is 19.3 Å². The molecule has 5 nitrogen and oxygen atoms in total. The summed E-state index contributed by atoms with van der Waals surface area (Å²) in [6.07, 6.45) is 4.51. The lowest BCUT2D eigenvalue weighted by Gasteiger charge is -2.19. The maximum absolute atomic E-state index is 5.76. The third kappa shape index (κ3) is 2.84. The van der Waals surface area contributed by atoms with E-state index in [1.54, 1.807) is 6.20 Å². The average Bonchev–Trinajstić information content (AvgIpc) is 2.75. The van der Waals surface area contributed by atoms with Crippen LogP contribution < -0.4 is 20.7 Å². The minimum Gasteiger partial charge on any atom is -0.490 e. The largest absolute Gasteiger partial charge is 0.490 e. The third-order valence-electron chi connectivity index (χ3n) is 3.66. The molecule has 5 heteroatoms. The number of nitrogens with zero attached hydrogens (tertiary/aromatic N) is 1. The molecule has 0 saturated heterocycles. The minimum atomic E-state index is -0.129. The molecule has 2 heterocycles. The Morgan fingerprint density at radius 2 is 2.00 bits per heavy atom. The lowest BCUT2D eigenvalue weighted by Crippen LogP contribution is -2.29. The lowest BCUT2D eigenvalue weighted by atomic mass is 9.97. The summed E-state index contributed by atoms with van der Waals surface area (Å²) in [5.74, 6) is 7.32. The number of benzene rings is 1. The first-order valence-corrected chi connectivity index (χ1v) is 7.06. The molecule has 0 fully saturated rings. The van der Waals surface area contributed by atoms with Gasteiger partial charge in [0.25, 0.3) is 0 Å². The molecule has 0 radical (unpaired) electrons. The molecule has 0 saturated carbocycles. The number of hydrazine groups is 1. The van der Waals surface area contributed by atoms with E-state index in [1.807, 2.05) is 37.4 Å². The van der Waals surface area contributed by atoms with Crippen molar-refractivity contribution in [3.63, 3.8) is 0 Å². The van der Waals surface area contributed by atoms with Crippen LogP contribution >= 0.6 is 0 Å². The van der Waals surface area contributed by atoms with Crippen molar-refractivity contribution in [2.24, 2.45) is 5.84 Å². The zero-order chi connectivity index (χ0) is 14.7. The van der Waals surface area contributed by atoms with Gasteiger partial charge in [-0.15, -0.1) is 0 Å². The number of aryl methyl sites for hydroxylation is 1. The van der Waals surface area contributed by atoms with Crippen LogP contribution in [0.5, 0.6) is 11.5 Å². The Kier molecular flexibility index (Phi) is 4.03. The summed E-state index contributed by atoms with van der Waals surface area (Å²) in [6, 6.07) is 7.77. The van der Waals surface area contributed by atoms with Gasteiger partial charge in [0.2, 0.25) is 0 Å². The zero-order valence-electron chi connectivity index (χ0n) is 12.0. The fourth-order valence-electron chi connectivity index (χ4n) is 2.50. The minimum absolute atomic E-state index is 0.129. The van der Waals surface area contributed by atoms with Crippen molar-refractivity contribution in [1.29, 1.82) is 0 Å². The predicted octanol–water partition coefficient (Wildman–Crippen LogP) is 2.10. The molecule has 0 aliphatic carbocycles. The fraction of sp³-hybridized carbons (Fsp3) is 0.312. The van der Waals surface area contributed by atoms with Crippen molar-refractivity contribution in [2.75, 3.05) is 13.2 Å². The monoisotopic (exact) mass is 285 g/mol. The van der Waals surface area contributed by atoms with E-state index in [-0.39, 0.29) is 6.04 Å². The van der Waals surface area contributed by atoms with Gasteiger partial charge < -0.3 is 9.47 Å². The van der Waals surface area contributed by atoms with Crippen LogP contribution in [0.25, 0.3) is 0 Å². The molecule has 1 aromatic carbocycles. The molecule has 0 amide bonds. The summed E-state index contributed by atoms with van der Waals surface area (Å²) in [4.78, 5) is 4.19. The summed E-state index contributed by atoms with van der Waals surface area (Å²) >= 11 is 0. The van der Waals surface area contributed by atoms with E-state index in [2.05, 4.69) is 10.4 Å². The number of fused-ring (bicyclic) bond motifs is 1. The van der Waals surface area contributed by atoms with E-state index in [0.717, 1.165) is 34.6 Å². The molecule has 1 aliphatic heterocycles. The van der Waals surface area contributed by atoms with Crippen molar-refractivity contribution in [1.82, 2.24) is 10.4 Å². The van der Waals surface area contributed by atoms with Gasteiger partial charge in [0.15, 0.2) is 11.5 Å². The SMILES string of the molecule is Cc1ccncc1C(NN)c1ccc2c(c1)OCCCO2. The van der Waals surface area contributed by atoms with Crippen LogP contribution in [0.15, 0.2) is 36.7 Å². The second-order valence-corrected chi connectivity index (χ2v) is 5.09. The number of rotatable bonds is 3. The van der Waals surface area contributed by atoms with Crippen molar-refractivity contribution in [2.45, 2.75) is 19.4 Å². The number of nitrogens with two attached hydrogens (primary N) is 1. The fourth-order valence-corrected chi connectivity index (χ4v) is 2.50. The van der Waals surface area contributed by atoms with Crippen LogP contribution in [0, 0.1) is 6.92 Å². The highest BCUT2D eigenvalue weighted by molar-refractivity contribution is 5.46. The number of hydrogen-bond acceptors (Lipinski definition) is 5. The quantitative estimate of drug-likeness (QED) is 0.667. The number of nitrogens with one attached hydrogen (secondary N) is 1. The summed E-state index contributed by atoms with van der Waals surface area (Å²) in [6.45, 7) is 3.40. The Bertz CT molecular complexity index is 631. The van der Waals surface area contributed by atoms with Gasteiger partial charge in [0, 0.05) is 18.8 Å². The van der Waals surface area contributed by atoms with Gasteiger partial charge >= 0.3 is 0 Å². The van der Waals surface area contributed by atoms with Crippen LogP contribution in [-0.2, 0) is 0 Å². The molecule has 21 heavy (non-hydrogen) atoms. The summed E-state index contributed by atoms with van der Waals surface area (Å²) in [5, 5.41) is 0. The molecule has 1 atom stereocenters. The van der Waals surface area contributed by atoms with Crippen LogP contribution in [0.2, 0.25) is 0 Å². The standard InChI is InChI=1S/C16H19N3O2/c1-11-5-6-18-10-13(11)16(19-17)12-3-4-14-15(9-12)21-8-2-7-20-14/h3-6,9-10,16,19H,2,7-8,17H2,1H3. The Labute approximate surface area is 124 Å². The molecule has 1 unspecified atom stereocenters. The second-order valence-electron chi connectivity index (χ2n) is 5.09. The first kappa shape index (κ1) is 13.9. The summed E-state index contributed by atoms with van der Waals surface area (Å²) < 4.78 is 11.4. The van der Waals surface area contributed by atoms with E-state index in [0.29, 0.717) is 13.2 Å². The first-order valence-electron chi connectivity index (χ1n) is 7.06. The normalized spacial score (nSPS) is 15.3. The van der Waals surface area contributed by atoms with Gasteiger partial charge in [-0.3, -0.25) is 10.8 Å². The van der Waals surface area contributed by atoms with Gasteiger partial charge in [-0.1, -0.05) is 6.07 Å². The molecule has 3 N–H and O–H groups in total. The molecule has 2 aromatic rings. The predicted molar refractivity (Wildman–Crippen MR) is 80.2 cm³/mol. The topological polar surface area (TPSA) is 69.4 Å². The Balaban J connectivity index is 1.98. The highest BCUT2D eigenvalue weighted by atomic mass is 16.5. The Morgan fingerprint density at radius 3 is 2.76 bits per heavy atom. The molecule has 0 spiro atoms. The van der Waals surface area contributed by atoms with E-state index in [1.165, 1.54) is 0 Å². The molecule has 3 rings (SSSR count). The molecule has 0 bridgehead atoms. The number of pyridine rings is 1. The van der Waals surface area contributed by atoms with Crippen molar-refractivity contribution in [3.8, 4) is 11.5 Å². The average molecular weight is 285 g/mol. The molecule has 1 aliphatic rings. The van der Waals surface area contributed by atoms with Gasteiger partial charge in [0.1, 0.15) is 0 Å². The molecular formula is C16H19N3O2. The number of hydrogen-bond donors (Lipinski definition) is 2. The first-order chi connectivity index (χ1) is 10.3. The van der Waals surface area contributed by atoms with E-state index in [4.69, 9.17) is 15.3 Å². The second kappa shape index (κ2) is 6.11. The van der Waals surface area contributed by atoms with Crippen molar-refractivity contribution >= 4 is 0 Å².